The first-order chi connectivity index (χ1) is 15.0. The summed E-state index contributed by atoms with van der Waals surface area (Å²) in [5.74, 6) is 0.669. The molecule has 2 aliphatic heterocycles. The molecule has 0 aliphatic carbocycles. The number of piperazine rings is 1. The van der Waals surface area contributed by atoms with Crippen LogP contribution in [0.2, 0.25) is 0 Å². The number of sulfonamides is 1. The van der Waals surface area contributed by atoms with Crippen LogP contribution in [0.4, 0.5) is 0 Å². The molecule has 5 rings (SSSR count). The predicted molar refractivity (Wildman–Crippen MR) is 119 cm³/mol. The van der Waals surface area contributed by atoms with Crippen molar-refractivity contribution in [1.82, 2.24) is 9.21 Å². The van der Waals surface area contributed by atoms with Crippen LogP contribution in [0.3, 0.4) is 0 Å². The van der Waals surface area contributed by atoms with Crippen LogP contribution < -0.4 is 4.74 Å². The van der Waals surface area contributed by atoms with Gasteiger partial charge in [-0.05, 0) is 35.0 Å². The summed E-state index contributed by atoms with van der Waals surface area (Å²) in [6, 6.07) is 20.5. The van der Waals surface area contributed by atoms with Crippen molar-refractivity contribution in [3.63, 3.8) is 0 Å². The lowest BCUT2D eigenvalue weighted by molar-refractivity contribution is -0.128. The normalized spacial score (nSPS) is 17.0. The largest absolute Gasteiger partial charge is 0.488 e. The Kier molecular flexibility index (Phi) is 5.00. The molecule has 3 aromatic carbocycles. The van der Waals surface area contributed by atoms with Gasteiger partial charge in [-0.15, -0.1) is 0 Å². The zero-order chi connectivity index (χ0) is 21.4. The molecule has 1 amide bonds. The van der Waals surface area contributed by atoms with Gasteiger partial charge in [-0.2, -0.15) is 4.31 Å². The number of nitrogens with zero attached hydrogens (tertiary/aromatic N) is 2. The van der Waals surface area contributed by atoms with E-state index in [0.717, 1.165) is 22.1 Å². The molecule has 2 aliphatic rings. The molecule has 0 N–H and O–H groups in total. The number of hydrogen-bond donors (Lipinski definition) is 0. The number of rotatable bonds is 3. The van der Waals surface area contributed by atoms with Crippen molar-refractivity contribution in [3.8, 4) is 5.75 Å². The van der Waals surface area contributed by atoms with E-state index >= 15 is 0 Å². The molecule has 2 heterocycles. The average Bonchev–Trinajstić information content (AvgIpc) is 2.83. The van der Waals surface area contributed by atoms with E-state index in [1.165, 1.54) is 4.31 Å². The van der Waals surface area contributed by atoms with Gasteiger partial charge in [0.25, 0.3) is 5.91 Å². The molecule has 1 saturated heterocycles. The van der Waals surface area contributed by atoms with Gasteiger partial charge in [-0.25, -0.2) is 8.42 Å². The first kappa shape index (κ1) is 19.8. The first-order valence-electron chi connectivity index (χ1n) is 10.2. The van der Waals surface area contributed by atoms with E-state index in [9.17, 15) is 13.2 Å². The summed E-state index contributed by atoms with van der Waals surface area (Å²) in [6.45, 7) is 1.47. The van der Waals surface area contributed by atoms with Crippen LogP contribution in [0.25, 0.3) is 16.8 Å². The Morgan fingerprint density at radius 1 is 0.839 bits per heavy atom. The fraction of sp³-hybridized carbons (Fsp3) is 0.208. The van der Waals surface area contributed by atoms with Crippen molar-refractivity contribution in [3.05, 3.63) is 77.9 Å². The minimum absolute atomic E-state index is 0.0998. The Hall–Kier alpha value is -3.16. The lowest BCUT2D eigenvalue weighted by Crippen LogP contribution is -2.51. The molecule has 6 nitrogen and oxygen atoms in total. The maximum atomic E-state index is 13.1. The molecule has 0 unspecified atom stereocenters. The zero-order valence-electron chi connectivity index (χ0n) is 16.9. The highest BCUT2D eigenvalue weighted by Crippen LogP contribution is 2.27. The van der Waals surface area contributed by atoms with E-state index in [1.54, 1.807) is 17.0 Å². The maximum absolute atomic E-state index is 13.1. The fourth-order valence-corrected chi connectivity index (χ4v) is 5.51. The summed E-state index contributed by atoms with van der Waals surface area (Å²) in [6.07, 6.45) is 1.86. The lowest BCUT2D eigenvalue weighted by atomic mass is 10.1. The molecule has 3 aromatic rings. The van der Waals surface area contributed by atoms with E-state index in [-0.39, 0.29) is 30.5 Å². The van der Waals surface area contributed by atoms with Crippen molar-refractivity contribution in [2.24, 2.45) is 0 Å². The Morgan fingerprint density at radius 3 is 2.35 bits per heavy atom. The van der Waals surface area contributed by atoms with E-state index in [2.05, 4.69) is 0 Å². The maximum Gasteiger partial charge on any atom is 0.253 e. The number of hydrogen-bond acceptors (Lipinski definition) is 4. The van der Waals surface area contributed by atoms with Gasteiger partial charge in [0.2, 0.25) is 10.0 Å². The molecule has 7 heteroatoms. The average molecular weight is 435 g/mol. The third-order valence-electron chi connectivity index (χ3n) is 5.79. The molecule has 0 atom stereocenters. The molecule has 0 radical (unpaired) electrons. The Morgan fingerprint density at radius 2 is 1.55 bits per heavy atom. The van der Waals surface area contributed by atoms with Gasteiger partial charge in [-0.1, -0.05) is 48.5 Å². The summed E-state index contributed by atoms with van der Waals surface area (Å²) in [5, 5.41) is 1.89. The van der Waals surface area contributed by atoms with Crippen LogP contribution in [0.15, 0.2) is 77.2 Å². The van der Waals surface area contributed by atoms with Gasteiger partial charge in [0.15, 0.2) is 0 Å². The Balaban J connectivity index is 1.29. The van der Waals surface area contributed by atoms with Crippen molar-refractivity contribution >= 4 is 32.8 Å². The molecule has 0 saturated carbocycles. The highest BCUT2D eigenvalue weighted by molar-refractivity contribution is 7.89. The highest BCUT2D eigenvalue weighted by atomic mass is 32.2. The van der Waals surface area contributed by atoms with Crippen LogP contribution in [0.5, 0.6) is 5.75 Å². The van der Waals surface area contributed by atoms with E-state index in [4.69, 9.17) is 4.74 Å². The smallest absolute Gasteiger partial charge is 0.253 e. The van der Waals surface area contributed by atoms with E-state index in [0.29, 0.717) is 18.7 Å². The van der Waals surface area contributed by atoms with Gasteiger partial charge >= 0.3 is 0 Å². The van der Waals surface area contributed by atoms with Crippen molar-refractivity contribution in [1.29, 1.82) is 0 Å². The topological polar surface area (TPSA) is 66.9 Å². The number of fused-ring (bicyclic) bond motifs is 2. The molecule has 158 valence electrons. The van der Waals surface area contributed by atoms with Crippen LogP contribution in [-0.2, 0) is 14.8 Å². The third kappa shape index (κ3) is 3.71. The number of amides is 1. The molecule has 31 heavy (non-hydrogen) atoms. The Bertz CT molecular complexity index is 1290. The van der Waals surface area contributed by atoms with E-state index < -0.39 is 10.0 Å². The van der Waals surface area contributed by atoms with Crippen molar-refractivity contribution < 1.29 is 17.9 Å². The van der Waals surface area contributed by atoms with Gasteiger partial charge in [0, 0.05) is 31.7 Å². The third-order valence-corrected chi connectivity index (χ3v) is 7.69. The number of ether oxygens (including phenoxy) is 1. The van der Waals surface area contributed by atoms with Crippen LogP contribution in [-0.4, -0.2) is 56.3 Å². The van der Waals surface area contributed by atoms with Crippen molar-refractivity contribution in [2.75, 3.05) is 32.8 Å². The fourth-order valence-electron chi connectivity index (χ4n) is 4.05. The number of carbonyl (C=O) groups excluding carboxylic acids is 1. The predicted octanol–water partition coefficient (Wildman–Crippen LogP) is 3.15. The molecule has 1 fully saturated rings. The number of carbonyl (C=O) groups is 1. The summed E-state index contributed by atoms with van der Waals surface area (Å²) >= 11 is 0. The zero-order valence-corrected chi connectivity index (χ0v) is 17.7. The minimum atomic E-state index is -3.61. The standard InChI is InChI=1S/C24H22N2O4S/c27-24(21-15-20-7-3-4-8-23(20)30-17-21)25-11-13-26(14-12-25)31(28,29)22-10-9-18-5-1-2-6-19(18)16-22/h1-10,15-16H,11-14,17H2. The molecule has 0 bridgehead atoms. The monoisotopic (exact) mass is 434 g/mol. The second-order valence-corrected chi connectivity index (χ2v) is 9.64. The summed E-state index contributed by atoms with van der Waals surface area (Å²) in [4.78, 5) is 14.9. The van der Waals surface area contributed by atoms with Gasteiger partial charge in [0.05, 0.1) is 10.5 Å². The lowest BCUT2D eigenvalue weighted by Gasteiger charge is -2.34. The second kappa shape index (κ2) is 7.83. The summed E-state index contributed by atoms with van der Waals surface area (Å²) < 4.78 is 33.4. The second-order valence-electron chi connectivity index (χ2n) is 7.70. The molecule has 0 aromatic heterocycles. The highest BCUT2D eigenvalue weighted by Gasteiger charge is 2.31. The quantitative estimate of drug-likeness (QED) is 0.635. The van der Waals surface area contributed by atoms with Gasteiger partial charge < -0.3 is 9.64 Å². The number of para-hydroxylation sites is 1. The van der Waals surface area contributed by atoms with E-state index in [1.807, 2.05) is 60.7 Å². The summed E-state index contributed by atoms with van der Waals surface area (Å²) in [7, 11) is -3.61. The van der Waals surface area contributed by atoms with Crippen molar-refractivity contribution in [2.45, 2.75) is 4.90 Å². The minimum Gasteiger partial charge on any atom is -0.488 e. The van der Waals surface area contributed by atoms with Crippen LogP contribution in [0, 0.1) is 0 Å². The molecule has 0 spiro atoms. The van der Waals surface area contributed by atoms with Crippen LogP contribution in [0.1, 0.15) is 5.56 Å². The number of benzene rings is 3. The van der Waals surface area contributed by atoms with Gasteiger partial charge in [-0.3, -0.25) is 4.79 Å². The summed E-state index contributed by atoms with van der Waals surface area (Å²) in [5.41, 5.74) is 1.47. The van der Waals surface area contributed by atoms with Crippen LogP contribution >= 0.6 is 0 Å². The molecular formula is C24H22N2O4S. The molecular weight excluding hydrogens is 412 g/mol. The Labute approximate surface area is 181 Å². The SMILES string of the molecule is O=C(C1=Cc2ccccc2OC1)N1CCN(S(=O)(=O)c2ccc3ccccc3c2)CC1. The first-order valence-corrected chi connectivity index (χ1v) is 11.7. The van der Waals surface area contributed by atoms with Gasteiger partial charge in [0.1, 0.15) is 12.4 Å².